The number of benzene rings is 2. The summed E-state index contributed by atoms with van der Waals surface area (Å²) < 4.78 is 0. The molecule has 2 rings (SSSR count). The standard InChI is InChI=1S/C15H16ClNS/c1-10-6-7-14(11(2)8-10)18-15-5-3-4-13(16)12(15)9-17/h3-8H,9,17H2,1-2H3. The molecule has 2 N–H and O–H groups in total. The third kappa shape index (κ3) is 2.89. The highest BCUT2D eigenvalue weighted by Crippen LogP contribution is 2.35. The van der Waals surface area contributed by atoms with Gasteiger partial charge in [0.15, 0.2) is 0 Å². The summed E-state index contributed by atoms with van der Waals surface area (Å²) in [5.74, 6) is 0. The van der Waals surface area contributed by atoms with Crippen LogP contribution in [0.4, 0.5) is 0 Å². The lowest BCUT2D eigenvalue weighted by atomic mass is 10.2. The maximum Gasteiger partial charge on any atom is 0.0462 e. The molecular formula is C15H16ClNS. The molecule has 0 aromatic heterocycles. The number of hydrogen-bond acceptors (Lipinski definition) is 2. The molecule has 0 aliphatic rings. The summed E-state index contributed by atoms with van der Waals surface area (Å²) in [6.07, 6.45) is 0. The van der Waals surface area contributed by atoms with Gasteiger partial charge in [-0.3, -0.25) is 0 Å². The largest absolute Gasteiger partial charge is 0.326 e. The van der Waals surface area contributed by atoms with E-state index in [1.807, 2.05) is 12.1 Å². The van der Waals surface area contributed by atoms with Gasteiger partial charge in [-0.15, -0.1) is 0 Å². The highest BCUT2D eigenvalue weighted by atomic mass is 35.5. The van der Waals surface area contributed by atoms with Crippen LogP contribution in [0.25, 0.3) is 0 Å². The van der Waals surface area contributed by atoms with Crippen molar-refractivity contribution < 1.29 is 0 Å². The summed E-state index contributed by atoms with van der Waals surface area (Å²) >= 11 is 7.89. The first-order chi connectivity index (χ1) is 8.61. The molecule has 0 amide bonds. The highest BCUT2D eigenvalue weighted by molar-refractivity contribution is 7.99. The third-order valence-corrected chi connectivity index (χ3v) is 4.46. The van der Waals surface area contributed by atoms with Gasteiger partial charge in [0.05, 0.1) is 0 Å². The van der Waals surface area contributed by atoms with Gasteiger partial charge in [0.2, 0.25) is 0 Å². The molecule has 0 fully saturated rings. The number of nitrogens with two attached hydrogens (primary N) is 1. The molecule has 0 spiro atoms. The number of halogens is 1. The molecule has 1 nitrogen and oxygen atoms in total. The van der Waals surface area contributed by atoms with E-state index >= 15 is 0 Å². The highest BCUT2D eigenvalue weighted by Gasteiger charge is 2.08. The average molecular weight is 278 g/mol. The van der Waals surface area contributed by atoms with E-state index in [1.54, 1.807) is 11.8 Å². The zero-order valence-electron chi connectivity index (χ0n) is 10.5. The number of aryl methyl sites for hydroxylation is 2. The quantitative estimate of drug-likeness (QED) is 0.890. The minimum Gasteiger partial charge on any atom is -0.326 e. The van der Waals surface area contributed by atoms with E-state index in [4.69, 9.17) is 17.3 Å². The van der Waals surface area contributed by atoms with Crippen LogP contribution in [0, 0.1) is 13.8 Å². The minimum atomic E-state index is 0.465. The molecule has 3 heteroatoms. The Balaban J connectivity index is 2.37. The zero-order chi connectivity index (χ0) is 13.1. The van der Waals surface area contributed by atoms with E-state index < -0.39 is 0 Å². The molecule has 0 radical (unpaired) electrons. The maximum atomic E-state index is 6.17. The minimum absolute atomic E-state index is 0.465. The van der Waals surface area contributed by atoms with E-state index in [2.05, 4.69) is 38.1 Å². The van der Waals surface area contributed by atoms with E-state index in [0.29, 0.717) is 6.54 Å². The van der Waals surface area contributed by atoms with Crippen molar-refractivity contribution in [1.29, 1.82) is 0 Å². The van der Waals surface area contributed by atoms with E-state index in [0.717, 1.165) is 15.5 Å². The van der Waals surface area contributed by atoms with Crippen LogP contribution >= 0.6 is 23.4 Å². The summed E-state index contributed by atoms with van der Waals surface area (Å²) in [5, 5.41) is 0.743. The fourth-order valence-corrected chi connectivity index (χ4v) is 3.23. The molecule has 94 valence electrons. The average Bonchev–Trinajstić information content (AvgIpc) is 2.33. The second-order valence-corrected chi connectivity index (χ2v) is 5.78. The van der Waals surface area contributed by atoms with Gasteiger partial charge in [0, 0.05) is 21.4 Å². The molecule has 0 heterocycles. The molecule has 0 atom stereocenters. The Labute approximate surface area is 117 Å². The monoisotopic (exact) mass is 277 g/mol. The lowest BCUT2D eigenvalue weighted by molar-refractivity contribution is 1.03. The van der Waals surface area contributed by atoms with Crippen LogP contribution in [0.1, 0.15) is 16.7 Å². The Morgan fingerprint density at radius 3 is 2.56 bits per heavy atom. The van der Waals surface area contributed by atoms with Crippen molar-refractivity contribution in [2.45, 2.75) is 30.2 Å². The van der Waals surface area contributed by atoms with Crippen LogP contribution < -0.4 is 5.73 Å². The van der Waals surface area contributed by atoms with Crippen molar-refractivity contribution in [3.8, 4) is 0 Å². The first kappa shape index (κ1) is 13.5. The van der Waals surface area contributed by atoms with Crippen LogP contribution in [0.3, 0.4) is 0 Å². The number of hydrogen-bond donors (Lipinski definition) is 1. The normalized spacial score (nSPS) is 10.7. The number of rotatable bonds is 3. The Morgan fingerprint density at radius 1 is 1.11 bits per heavy atom. The van der Waals surface area contributed by atoms with Crippen molar-refractivity contribution >= 4 is 23.4 Å². The molecule has 2 aromatic rings. The first-order valence-electron chi connectivity index (χ1n) is 5.84. The van der Waals surface area contributed by atoms with Crippen LogP contribution in [0.15, 0.2) is 46.2 Å². The molecule has 0 bridgehead atoms. The van der Waals surface area contributed by atoms with Crippen molar-refractivity contribution in [3.05, 3.63) is 58.1 Å². The Hall–Kier alpha value is -0.960. The molecule has 0 saturated heterocycles. The van der Waals surface area contributed by atoms with Crippen molar-refractivity contribution in [2.24, 2.45) is 5.73 Å². The lowest BCUT2D eigenvalue weighted by Crippen LogP contribution is -1.99. The summed E-state index contributed by atoms with van der Waals surface area (Å²) in [5.41, 5.74) is 9.35. The molecule has 18 heavy (non-hydrogen) atoms. The van der Waals surface area contributed by atoms with Crippen molar-refractivity contribution in [1.82, 2.24) is 0 Å². The molecule has 2 aromatic carbocycles. The molecule has 0 aliphatic heterocycles. The summed E-state index contributed by atoms with van der Waals surface area (Å²) in [6, 6.07) is 12.4. The van der Waals surface area contributed by atoms with Crippen molar-refractivity contribution in [2.75, 3.05) is 0 Å². The smallest absolute Gasteiger partial charge is 0.0462 e. The Bertz CT molecular complexity index is 566. The third-order valence-electron chi connectivity index (χ3n) is 2.83. The maximum absolute atomic E-state index is 6.17. The summed E-state index contributed by atoms with van der Waals surface area (Å²) in [6.45, 7) is 4.70. The fourth-order valence-electron chi connectivity index (χ4n) is 1.86. The van der Waals surface area contributed by atoms with Gasteiger partial charge >= 0.3 is 0 Å². The molecule has 0 saturated carbocycles. The van der Waals surface area contributed by atoms with Crippen LogP contribution in [-0.4, -0.2) is 0 Å². The van der Waals surface area contributed by atoms with Crippen molar-refractivity contribution in [3.63, 3.8) is 0 Å². The SMILES string of the molecule is Cc1ccc(Sc2cccc(Cl)c2CN)c(C)c1. The van der Waals surface area contributed by atoms with Gasteiger partial charge in [-0.05, 0) is 43.2 Å². The van der Waals surface area contributed by atoms with Crippen LogP contribution in [0.2, 0.25) is 5.02 Å². The zero-order valence-corrected chi connectivity index (χ0v) is 12.1. The Kier molecular flexibility index (Phi) is 4.33. The van der Waals surface area contributed by atoms with E-state index in [-0.39, 0.29) is 0 Å². The first-order valence-corrected chi connectivity index (χ1v) is 7.04. The topological polar surface area (TPSA) is 26.0 Å². The Morgan fingerprint density at radius 2 is 1.89 bits per heavy atom. The summed E-state index contributed by atoms with van der Waals surface area (Å²) in [7, 11) is 0. The predicted molar refractivity (Wildman–Crippen MR) is 79.4 cm³/mol. The second kappa shape index (κ2) is 5.79. The van der Waals surface area contributed by atoms with Gasteiger partial charge in [-0.1, -0.05) is 47.1 Å². The van der Waals surface area contributed by atoms with Gasteiger partial charge in [-0.2, -0.15) is 0 Å². The summed E-state index contributed by atoms with van der Waals surface area (Å²) in [4.78, 5) is 2.38. The van der Waals surface area contributed by atoms with Gasteiger partial charge in [-0.25, -0.2) is 0 Å². The van der Waals surface area contributed by atoms with Gasteiger partial charge < -0.3 is 5.73 Å². The van der Waals surface area contributed by atoms with Gasteiger partial charge in [0.1, 0.15) is 0 Å². The van der Waals surface area contributed by atoms with Crippen LogP contribution in [0.5, 0.6) is 0 Å². The fraction of sp³-hybridized carbons (Fsp3) is 0.200. The van der Waals surface area contributed by atoms with Gasteiger partial charge in [0.25, 0.3) is 0 Å². The van der Waals surface area contributed by atoms with Crippen LogP contribution in [-0.2, 0) is 6.54 Å². The molecule has 0 aliphatic carbocycles. The predicted octanol–water partition coefficient (Wildman–Crippen LogP) is 4.57. The van der Waals surface area contributed by atoms with E-state index in [1.165, 1.54) is 16.0 Å². The lowest BCUT2D eigenvalue weighted by Gasteiger charge is -2.11. The van der Waals surface area contributed by atoms with E-state index in [9.17, 15) is 0 Å². The molecule has 0 unspecified atom stereocenters. The second-order valence-electron chi connectivity index (χ2n) is 4.29. The molecular weight excluding hydrogens is 262 g/mol.